The summed E-state index contributed by atoms with van der Waals surface area (Å²) in [4.78, 5) is 0.270. The van der Waals surface area contributed by atoms with Crippen molar-refractivity contribution in [3.63, 3.8) is 0 Å². The zero-order valence-corrected chi connectivity index (χ0v) is 17.0. The highest BCUT2D eigenvalue weighted by molar-refractivity contribution is 9.10. The number of hydrogen-bond acceptors (Lipinski definition) is 2. The molecular formula is C17H26Br2O2. The molecule has 0 aliphatic heterocycles. The van der Waals surface area contributed by atoms with Crippen LogP contribution in [0.2, 0.25) is 0 Å². The lowest BCUT2D eigenvalue weighted by Crippen LogP contribution is -2.12. The van der Waals surface area contributed by atoms with Crippen molar-refractivity contribution in [2.24, 2.45) is 11.3 Å². The molecule has 0 aliphatic rings. The molecule has 0 fully saturated rings. The molecule has 0 N–H and O–H groups in total. The van der Waals surface area contributed by atoms with E-state index in [-0.39, 0.29) is 4.83 Å². The lowest BCUT2D eigenvalue weighted by molar-refractivity contribution is 0.295. The Morgan fingerprint density at radius 1 is 1.14 bits per heavy atom. The van der Waals surface area contributed by atoms with Crippen LogP contribution in [-0.2, 0) is 0 Å². The Kier molecular flexibility index (Phi) is 7.05. The molecule has 4 heteroatoms. The first kappa shape index (κ1) is 18.8. The fourth-order valence-corrected chi connectivity index (χ4v) is 4.46. The zero-order chi connectivity index (χ0) is 16.2. The summed E-state index contributed by atoms with van der Waals surface area (Å²) in [5.41, 5.74) is 1.52. The second kappa shape index (κ2) is 7.87. The van der Waals surface area contributed by atoms with Crippen LogP contribution in [0.1, 0.15) is 50.9 Å². The van der Waals surface area contributed by atoms with Crippen LogP contribution in [-0.4, -0.2) is 14.2 Å². The molecule has 120 valence electrons. The number of ether oxygens (including phenoxy) is 2. The van der Waals surface area contributed by atoms with Crippen molar-refractivity contribution in [3.8, 4) is 11.5 Å². The van der Waals surface area contributed by atoms with Crippen LogP contribution >= 0.6 is 31.9 Å². The van der Waals surface area contributed by atoms with Crippen molar-refractivity contribution in [2.45, 2.75) is 45.4 Å². The van der Waals surface area contributed by atoms with Crippen molar-refractivity contribution in [1.29, 1.82) is 0 Å². The number of benzene rings is 1. The van der Waals surface area contributed by atoms with Gasteiger partial charge in [-0.3, -0.25) is 0 Å². The Balaban J connectivity index is 2.92. The first-order chi connectivity index (χ1) is 9.69. The minimum Gasteiger partial charge on any atom is -0.495 e. The first-order valence-electron chi connectivity index (χ1n) is 7.24. The predicted molar refractivity (Wildman–Crippen MR) is 96.8 cm³/mol. The molecule has 2 unspecified atom stereocenters. The molecule has 2 nitrogen and oxygen atoms in total. The van der Waals surface area contributed by atoms with E-state index in [1.54, 1.807) is 14.2 Å². The first-order valence-corrected chi connectivity index (χ1v) is 8.95. The van der Waals surface area contributed by atoms with Crippen LogP contribution in [0.25, 0.3) is 0 Å². The van der Waals surface area contributed by atoms with Crippen LogP contribution in [0.5, 0.6) is 11.5 Å². The van der Waals surface area contributed by atoms with Gasteiger partial charge in [0.05, 0.1) is 14.2 Å². The van der Waals surface area contributed by atoms with Gasteiger partial charge in [0.1, 0.15) is 16.0 Å². The van der Waals surface area contributed by atoms with Gasteiger partial charge in [0.2, 0.25) is 0 Å². The summed E-state index contributed by atoms with van der Waals surface area (Å²) in [6.07, 6.45) is 2.28. The number of hydrogen-bond donors (Lipinski definition) is 0. The Morgan fingerprint density at radius 3 is 2.24 bits per heavy atom. The number of halogens is 2. The molecule has 0 amide bonds. The number of alkyl halides is 1. The maximum Gasteiger partial charge on any atom is 0.141 e. The molecule has 1 aromatic rings. The summed E-state index contributed by atoms with van der Waals surface area (Å²) >= 11 is 7.39. The second-order valence-electron chi connectivity index (χ2n) is 6.78. The van der Waals surface area contributed by atoms with E-state index in [1.165, 1.54) is 6.42 Å². The molecule has 0 saturated heterocycles. The number of rotatable bonds is 6. The van der Waals surface area contributed by atoms with Gasteiger partial charge in [0.15, 0.2) is 0 Å². The minimum atomic E-state index is 0.270. The van der Waals surface area contributed by atoms with Gasteiger partial charge in [-0.05, 0) is 46.2 Å². The molecule has 1 rings (SSSR count). The molecule has 0 aromatic heterocycles. The summed E-state index contributed by atoms with van der Waals surface area (Å²) in [5, 5.41) is 0. The van der Waals surface area contributed by atoms with Crippen LogP contribution < -0.4 is 9.47 Å². The molecule has 0 spiro atoms. The third-order valence-electron chi connectivity index (χ3n) is 3.42. The van der Waals surface area contributed by atoms with E-state index in [9.17, 15) is 0 Å². The standard InChI is InChI=1S/C17H26Br2O2/c1-11(10-17(2,3)4)9-13(18)12-7-8-14(20-5)15(19)16(12)21-6/h7-8,11,13H,9-10H2,1-6H3. The Labute approximate surface area is 145 Å². The highest BCUT2D eigenvalue weighted by atomic mass is 79.9. The topological polar surface area (TPSA) is 18.5 Å². The SMILES string of the molecule is COc1ccc(C(Br)CC(C)CC(C)(C)C)c(OC)c1Br. The van der Waals surface area contributed by atoms with Gasteiger partial charge >= 0.3 is 0 Å². The van der Waals surface area contributed by atoms with Gasteiger partial charge in [-0.15, -0.1) is 0 Å². The van der Waals surface area contributed by atoms with E-state index < -0.39 is 0 Å². The fraction of sp³-hybridized carbons (Fsp3) is 0.647. The van der Waals surface area contributed by atoms with Crippen LogP contribution in [0.15, 0.2) is 16.6 Å². The maximum absolute atomic E-state index is 5.57. The summed E-state index contributed by atoms with van der Waals surface area (Å²) in [7, 11) is 3.36. The van der Waals surface area contributed by atoms with E-state index in [2.05, 4.69) is 65.6 Å². The maximum atomic E-state index is 5.57. The Bertz CT molecular complexity index is 467. The Morgan fingerprint density at radius 2 is 1.76 bits per heavy atom. The van der Waals surface area contributed by atoms with E-state index >= 15 is 0 Å². The molecule has 0 saturated carbocycles. The highest BCUT2D eigenvalue weighted by Crippen LogP contribution is 2.44. The molecule has 0 bridgehead atoms. The van der Waals surface area contributed by atoms with Gasteiger partial charge < -0.3 is 9.47 Å². The molecule has 21 heavy (non-hydrogen) atoms. The molecule has 2 atom stereocenters. The van der Waals surface area contributed by atoms with Gasteiger partial charge in [-0.1, -0.05) is 49.7 Å². The van der Waals surface area contributed by atoms with Gasteiger partial charge in [-0.2, -0.15) is 0 Å². The Hall–Kier alpha value is -0.220. The van der Waals surface area contributed by atoms with Crippen molar-refractivity contribution in [1.82, 2.24) is 0 Å². The monoisotopic (exact) mass is 420 g/mol. The predicted octanol–water partition coefficient (Wildman–Crippen LogP) is 6.36. The number of methoxy groups -OCH3 is 2. The molecular weight excluding hydrogens is 396 g/mol. The largest absolute Gasteiger partial charge is 0.495 e. The highest BCUT2D eigenvalue weighted by Gasteiger charge is 2.22. The van der Waals surface area contributed by atoms with Gasteiger partial charge in [0.25, 0.3) is 0 Å². The smallest absolute Gasteiger partial charge is 0.141 e. The fourth-order valence-electron chi connectivity index (χ4n) is 2.77. The van der Waals surface area contributed by atoms with Crippen LogP contribution in [0, 0.1) is 11.3 Å². The van der Waals surface area contributed by atoms with Crippen LogP contribution in [0.4, 0.5) is 0 Å². The van der Waals surface area contributed by atoms with E-state index in [0.29, 0.717) is 11.3 Å². The minimum absolute atomic E-state index is 0.270. The van der Waals surface area contributed by atoms with Crippen molar-refractivity contribution in [3.05, 3.63) is 22.2 Å². The molecule has 1 aromatic carbocycles. The normalized spacial score (nSPS) is 14.7. The third-order valence-corrected chi connectivity index (χ3v) is 5.04. The second-order valence-corrected chi connectivity index (χ2v) is 8.68. The average molecular weight is 422 g/mol. The molecule has 0 heterocycles. The van der Waals surface area contributed by atoms with Gasteiger partial charge in [-0.25, -0.2) is 0 Å². The summed E-state index contributed by atoms with van der Waals surface area (Å²) in [5.74, 6) is 2.28. The summed E-state index contributed by atoms with van der Waals surface area (Å²) in [6, 6.07) is 4.05. The molecule has 0 radical (unpaired) electrons. The lowest BCUT2D eigenvalue weighted by Gasteiger charge is -2.25. The lowest BCUT2D eigenvalue weighted by atomic mass is 9.83. The van der Waals surface area contributed by atoms with Crippen molar-refractivity contribution >= 4 is 31.9 Å². The quantitative estimate of drug-likeness (QED) is 0.497. The van der Waals surface area contributed by atoms with E-state index in [4.69, 9.17) is 9.47 Å². The summed E-state index contributed by atoms with van der Waals surface area (Å²) in [6.45, 7) is 9.18. The van der Waals surface area contributed by atoms with Crippen LogP contribution in [0.3, 0.4) is 0 Å². The van der Waals surface area contributed by atoms with Crippen molar-refractivity contribution in [2.75, 3.05) is 14.2 Å². The zero-order valence-electron chi connectivity index (χ0n) is 13.8. The third kappa shape index (κ3) is 5.48. The molecule has 0 aliphatic carbocycles. The van der Waals surface area contributed by atoms with Crippen molar-refractivity contribution < 1.29 is 9.47 Å². The average Bonchev–Trinajstić information content (AvgIpc) is 2.35. The van der Waals surface area contributed by atoms with E-state index in [1.807, 2.05) is 6.07 Å². The summed E-state index contributed by atoms with van der Waals surface area (Å²) < 4.78 is 11.8. The van der Waals surface area contributed by atoms with Gasteiger partial charge in [0, 0.05) is 10.4 Å². The van der Waals surface area contributed by atoms with E-state index in [0.717, 1.165) is 28.0 Å².